The fraction of sp³-hybridized carbons (Fsp3) is 0.929. The van der Waals surface area contributed by atoms with Gasteiger partial charge in [-0.1, -0.05) is 13.8 Å². The number of halogens is 1. The number of hydrogen-bond donors (Lipinski definition) is 1. The molecule has 0 radical (unpaired) electrons. The summed E-state index contributed by atoms with van der Waals surface area (Å²) in [6.45, 7) is 7.44. The van der Waals surface area contributed by atoms with Gasteiger partial charge in [-0.25, -0.2) is 0 Å². The molecule has 1 amide bonds. The minimum absolute atomic E-state index is 0. The molecule has 2 heterocycles. The zero-order chi connectivity index (χ0) is 12.3. The molecule has 2 saturated heterocycles. The second-order valence-corrected chi connectivity index (χ2v) is 5.88. The molecule has 1 N–H and O–H groups in total. The van der Waals surface area contributed by atoms with Crippen LogP contribution in [0.1, 0.15) is 46.0 Å². The quantitative estimate of drug-likeness (QED) is 0.839. The fourth-order valence-electron chi connectivity index (χ4n) is 3.22. The molecule has 2 atom stereocenters. The Morgan fingerprint density at radius 1 is 1.22 bits per heavy atom. The highest BCUT2D eigenvalue weighted by molar-refractivity contribution is 5.85. The van der Waals surface area contributed by atoms with Gasteiger partial charge >= 0.3 is 0 Å². The summed E-state index contributed by atoms with van der Waals surface area (Å²) in [5.41, 5.74) is 0. The molecule has 3 nitrogen and oxygen atoms in total. The Labute approximate surface area is 117 Å². The first-order valence-electron chi connectivity index (χ1n) is 7.21. The van der Waals surface area contributed by atoms with Gasteiger partial charge in [0.2, 0.25) is 5.91 Å². The molecule has 18 heavy (non-hydrogen) atoms. The standard InChI is InChI=1S/C14H26N2O.ClH/c1-11(2)13-7-3-4-9-16(13)14(17)12-6-5-8-15-10-12;/h11-13,15H,3-10H2,1-2H3;1H. The summed E-state index contributed by atoms with van der Waals surface area (Å²) < 4.78 is 0. The van der Waals surface area contributed by atoms with E-state index >= 15 is 0 Å². The third kappa shape index (κ3) is 3.61. The molecule has 0 spiro atoms. The van der Waals surface area contributed by atoms with E-state index in [0.29, 0.717) is 17.9 Å². The molecule has 0 aromatic rings. The summed E-state index contributed by atoms with van der Waals surface area (Å²) in [6.07, 6.45) is 5.90. The van der Waals surface area contributed by atoms with Gasteiger partial charge in [0.15, 0.2) is 0 Å². The predicted octanol–water partition coefficient (Wildman–Crippen LogP) is 2.44. The number of rotatable bonds is 2. The van der Waals surface area contributed by atoms with Crippen molar-refractivity contribution in [2.24, 2.45) is 11.8 Å². The molecule has 0 aromatic carbocycles. The normalized spacial score (nSPS) is 28.9. The van der Waals surface area contributed by atoms with Gasteiger partial charge in [-0.2, -0.15) is 0 Å². The second-order valence-electron chi connectivity index (χ2n) is 5.88. The van der Waals surface area contributed by atoms with Crippen molar-refractivity contribution in [2.45, 2.75) is 52.0 Å². The van der Waals surface area contributed by atoms with Crippen LogP contribution in [0.3, 0.4) is 0 Å². The van der Waals surface area contributed by atoms with Crippen molar-refractivity contribution < 1.29 is 4.79 Å². The van der Waals surface area contributed by atoms with Crippen LogP contribution in [0.25, 0.3) is 0 Å². The zero-order valence-corrected chi connectivity index (χ0v) is 12.5. The topological polar surface area (TPSA) is 32.3 Å². The monoisotopic (exact) mass is 274 g/mol. The maximum absolute atomic E-state index is 12.6. The summed E-state index contributed by atoms with van der Waals surface area (Å²) in [5.74, 6) is 1.24. The van der Waals surface area contributed by atoms with Crippen LogP contribution in [0.5, 0.6) is 0 Å². The molecule has 0 aliphatic carbocycles. The first-order chi connectivity index (χ1) is 8.20. The number of nitrogens with one attached hydrogen (secondary N) is 1. The maximum Gasteiger partial charge on any atom is 0.227 e. The molecule has 4 heteroatoms. The zero-order valence-electron chi connectivity index (χ0n) is 11.7. The number of nitrogens with zero attached hydrogens (tertiary/aromatic N) is 1. The van der Waals surface area contributed by atoms with Gasteiger partial charge in [-0.15, -0.1) is 12.4 Å². The van der Waals surface area contributed by atoms with Crippen LogP contribution in [-0.4, -0.2) is 36.5 Å². The maximum atomic E-state index is 12.6. The van der Waals surface area contributed by atoms with E-state index in [9.17, 15) is 4.79 Å². The van der Waals surface area contributed by atoms with Crippen LogP contribution in [0.2, 0.25) is 0 Å². The average molecular weight is 275 g/mol. The number of carbonyl (C=O) groups excluding carboxylic acids is 1. The van der Waals surface area contributed by atoms with Crippen LogP contribution in [0.4, 0.5) is 0 Å². The lowest BCUT2D eigenvalue weighted by Crippen LogP contribution is -2.51. The summed E-state index contributed by atoms with van der Waals surface area (Å²) in [4.78, 5) is 14.7. The van der Waals surface area contributed by atoms with Gasteiger partial charge in [0, 0.05) is 19.1 Å². The molecule has 2 unspecified atom stereocenters. The number of likely N-dealkylation sites (tertiary alicyclic amines) is 1. The van der Waals surface area contributed by atoms with Crippen LogP contribution < -0.4 is 5.32 Å². The Morgan fingerprint density at radius 3 is 2.61 bits per heavy atom. The lowest BCUT2D eigenvalue weighted by molar-refractivity contribution is -0.141. The van der Waals surface area contributed by atoms with E-state index in [1.807, 2.05) is 0 Å². The molecule has 2 aliphatic heterocycles. The van der Waals surface area contributed by atoms with Gasteiger partial charge in [-0.3, -0.25) is 4.79 Å². The summed E-state index contributed by atoms with van der Waals surface area (Å²) >= 11 is 0. The minimum Gasteiger partial charge on any atom is -0.339 e. The van der Waals surface area contributed by atoms with E-state index in [2.05, 4.69) is 24.1 Å². The van der Waals surface area contributed by atoms with E-state index < -0.39 is 0 Å². The fourth-order valence-corrected chi connectivity index (χ4v) is 3.22. The van der Waals surface area contributed by atoms with E-state index in [0.717, 1.165) is 32.5 Å². The van der Waals surface area contributed by atoms with Crippen LogP contribution in [0.15, 0.2) is 0 Å². The Morgan fingerprint density at radius 2 is 2.00 bits per heavy atom. The highest BCUT2D eigenvalue weighted by Crippen LogP contribution is 2.26. The van der Waals surface area contributed by atoms with E-state index in [-0.39, 0.29) is 18.3 Å². The van der Waals surface area contributed by atoms with Crippen molar-refractivity contribution in [1.29, 1.82) is 0 Å². The second kappa shape index (κ2) is 7.34. The summed E-state index contributed by atoms with van der Waals surface area (Å²) in [7, 11) is 0. The minimum atomic E-state index is 0. The number of hydrogen-bond acceptors (Lipinski definition) is 2. The third-order valence-corrected chi connectivity index (χ3v) is 4.25. The lowest BCUT2D eigenvalue weighted by Gasteiger charge is -2.40. The highest BCUT2D eigenvalue weighted by Gasteiger charge is 2.33. The molecule has 0 saturated carbocycles. The van der Waals surface area contributed by atoms with Crippen LogP contribution in [-0.2, 0) is 4.79 Å². The molecular formula is C14H27ClN2O. The molecule has 2 fully saturated rings. The van der Waals surface area contributed by atoms with Gasteiger partial charge in [-0.05, 0) is 44.6 Å². The van der Waals surface area contributed by atoms with Crippen molar-refractivity contribution in [2.75, 3.05) is 19.6 Å². The number of carbonyl (C=O) groups is 1. The first-order valence-corrected chi connectivity index (χ1v) is 7.21. The van der Waals surface area contributed by atoms with E-state index in [1.54, 1.807) is 0 Å². The van der Waals surface area contributed by atoms with Crippen molar-refractivity contribution in [1.82, 2.24) is 10.2 Å². The van der Waals surface area contributed by atoms with E-state index in [1.165, 1.54) is 19.3 Å². The van der Waals surface area contributed by atoms with Crippen molar-refractivity contribution in [3.05, 3.63) is 0 Å². The van der Waals surface area contributed by atoms with Gasteiger partial charge in [0.1, 0.15) is 0 Å². The molecular weight excluding hydrogens is 248 g/mol. The van der Waals surface area contributed by atoms with Crippen molar-refractivity contribution in [3.63, 3.8) is 0 Å². The Hall–Kier alpha value is -0.280. The molecule has 0 aromatic heterocycles. The Bertz CT molecular complexity index is 265. The van der Waals surface area contributed by atoms with Gasteiger partial charge in [0.05, 0.1) is 5.92 Å². The summed E-state index contributed by atoms with van der Waals surface area (Å²) in [6, 6.07) is 0.484. The number of amides is 1. The van der Waals surface area contributed by atoms with Gasteiger partial charge < -0.3 is 10.2 Å². The molecule has 2 aliphatic rings. The van der Waals surface area contributed by atoms with Crippen LogP contribution in [0, 0.1) is 11.8 Å². The van der Waals surface area contributed by atoms with Gasteiger partial charge in [0.25, 0.3) is 0 Å². The largest absolute Gasteiger partial charge is 0.339 e. The van der Waals surface area contributed by atoms with Crippen LogP contribution >= 0.6 is 12.4 Å². The third-order valence-electron chi connectivity index (χ3n) is 4.25. The SMILES string of the molecule is CC(C)C1CCCCN1C(=O)C1CCCNC1.Cl. The van der Waals surface area contributed by atoms with E-state index in [4.69, 9.17) is 0 Å². The number of piperidine rings is 2. The molecule has 2 rings (SSSR count). The first kappa shape index (κ1) is 15.8. The molecule has 106 valence electrons. The average Bonchev–Trinajstić information content (AvgIpc) is 2.39. The summed E-state index contributed by atoms with van der Waals surface area (Å²) in [5, 5.41) is 3.35. The lowest BCUT2D eigenvalue weighted by atomic mass is 9.90. The highest BCUT2D eigenvalue weighted by atomic mass is 35.5. The Balaban J connectivity index is 0.00000162. The van der Waals surface area contributed by atoms with Crippen molar-refractivity contribution >= 4 is 18.3 Å². The molecule has 0 bridgehead atoms. The smallest absolute Gasteiger partial charge is 0.227 e. The Kier molecular flexibility index (Phi) is 6.44. The van der Waals surface area contributed by atoms with Crippen molar-refractivity contribution in [3.8, 4) is 0 Å². The predicted molar refractivity (Wildman–Crippen MR) is 77.0 cm³/mol.